The van der Waals surface area contributed by atoms with Gasteiger partial charge in [0.2, 0.25) is 0 Å². The van der Waals surface area contributed by atoms with E-state index in [4.69, 9.17) is 9.47 Å². The van der Waals surface area contributed by atoms with E-state index < -0.39 is 17.7 Å². The van der Waals surface area contributed by atoms with Crippen LogP contribution in [-0.2, 0) is 11.3 Å². The van der Waals surface area contributed by atoms with E-state index in [2.05, 4.69) is 10.6 Å². The summed E-state index contributed by atoms with van der Waals surface area (Å²) in [4.78, 5) is 24.8. The summed E-state index contributed by atoms with van der Waals surface area (Å²) in [6.45, 7) is 5.18. The first-order chi connectivity index (χ1) is 13.7. The summed E-state index contributed by atoms with van der Waals surface area (Å²) in [7, 11) is 1.53. The lowest BCUT2D eigenvalue weighted by Crippen LogP contribution is -2.34. The zero-order chi connectivity index (χ0) is 21.4. The quantitative estimate of drug-likeness (QED) is 0.663. The number of hydrogen-bond acceptors (Lipinski definition) is 5. The van der Waals surface area contributed by atoms with Gasteiger partial charge in [0.1, 0.15) is 11.4 Å². The second-order valence-electron chi connectivity index (χ2n) is 7.46. The number of aliphatic hydroxyl groups excluding tert-OH is 1. The second-order valence-corrected chi connectivity index (χ2v) is 7.46. The fraction of sp³-hybridized carbons (Fsp3) is 0.364. The molecule has 0 fully saturated rings. The summed E-state index contributed by atoms with van der Waals surface area (Å²) in [6.07, 6.45) is -0.560. The summed E-state index contributed by atoms with van der Waals surface area (Å²) in [6, 6.07) is 13.5. The van der Waals surface area contributed by atoms with Crippen molar-refractivity contribution in [2.24, 2.45) is 0 Å². The van der Waals surface area contributed by atoms with E-state index in [9.17, 15) is 14.7 Å². The minimum absolute atomic E-state index is 0.136. The topological polar surface area (TPSA) is 96.9 Å². The van der Waals surface area contributed by atoms with Crippen LogP contribution in [0, 0.1) is 0 Å². The molecule has 0 saturated carbocycles. The normalized spacial score (nSPS) is 12.0. The van der Waals surface area contributed by atoms with Gasteiger partial charge in [0.15, 0.2) is 0 Å². The van der Waals surface area contributed by atoms with Crippen LogP contribution in [-0.4, -0.2) is 36.4 Å². The molecular weight excluding hydrogens is 372 g/mol. The number of hydrogen-bond donors (Lipinski definition) is 3. The highest BCUT2D eigenvalue weighted by Gasteiger charge is 2.21. The van der Waals surface area contributed by atoms with Crippen molar-refractivity contribution in [3.63, 3.8) is 0 Å². The summed E-state index contributed by atoms with van der Waals surface area (Å²) in [5.41, 5.74) is 1.10. The Kier molecular flexibility index (Phi) is 7.61. The Hall–Kier alpha value is -3.06. The molecule has 0 heterocycles. The number of alkyl carbamates (subject to hydrolysis) is 1. The minimum Gasteiger partial charge on any atom is -0.496 e. The Morgan fingerprint density at radius 1 is 1.07 bits per heavy atom. The van der Waals surface area contributed by atoms with E-state index in [1.807, 2.05) is 12.1 Å². The monoisotopic (exact) mass is 400 g/mol. The Labute approximate surface area is 171 Å². The van der Waals surface area contributed by atoms with Crippen LogP contribution in [0.15, 0.2) is 48.5 Å². The number of carbonyl (C=O) groups is 2. The van der Waals surface area contributed by atoms with Crippen molar-refractivity contribution in [2.45, 2.75) is 39.0 Å². The highest BCUT2D eigenvalue weighted by atomic mass is 16.6. The summed E-state index contributed by atoms with van der Waals surface area (Å²) in [5.74, 6) is 0.211. The van der Waals surface area contributed by atoms with E-state index >= 15 is 0 Å². The largest absolute Gasteiger partial charge is 0.496 e. The number of carbonyl (C=O) groups excluding carboxylic acids is 2. The van der Waals surface area contributed by atoms with E-state index in [0.717, 1.165) is 0 Å². The van der Waals surface area contributed by atoms with Crippen molar-refractivity contribution < 1.29 is 24.2 Å². The standard InChI is InChI=1S/C22H28N2O5/c1-22(2,3)29-21(27)23-13-15-9-5-6-10-16(15)20(26)24-18(14-25)17-11-7-8-12-19(17)28-4/h5-12,18,25H,13-14H2,1-4H3,(H,23,27)(H,24,26). The van der Waals surface area contributed by atoms with Gasteiger partial charge in [0.25, 0.3) is 5.91 Å². The van der Waals surface area contributed by atoms with Gasteiger partial charge in [-0.2, -0.15) is 0 Å². The molecule has 0 spiro atoms. The number of rotatable bonds is 7. The van der Waals surface area contributed by atoms with Crippen LogP contribution in [0.5, 0.6) is 5.75 Å². The molecule has 3 N–H and O–H groups in total. The molecular formula is C22H28N2O5. The van der Waals surface area contributed by atoms with Crippen molar-refractivity contribution >= 4 is 12.0 Å². The molecule has 0 aliphatic heterocycles. The molecule has 0 aliphatic rings. The molecule has 156 valence electrons. The van der Waals surface area contributed by atoms with Crippen LogP contribution in [0.1, 0.15) is 48.3 Å². The highest BCUT2D eigenvalue weighted by molar-refractivity contribution is 5.96. The van der Waals surface area contributed by atoms with Gasteiger partial charge in [-0.15, -0.1) is 0 Å². The van der Waals surface area contributed by atoms with Gasteiger partial charge in [-0.05, 0) is 38.5 Å². The Morgan fingerprint density at radius 3 is 2.38 bits per heavy atom. The highest BCUT2D eigenvalue weighted by Crippen LogP contribution is 2.25. The number of para-hydroxylation sites is 1. The van der Waals surface area contributed by atoms with Crippen LogP contribution >= 0.6 is 0 Å². The minimum atomic E-state index is -0.634. The second kappa shape index (κ2) is 9.93. The number of ether oxygens (including phenoxy) is 2. The summed E-state index contributed by atoms with van der Waals surface area (Å²) in [5, 5.41) is 15.3. The molecule has 0 saturated heterocycles. The lowest BCUT2D eigenvalue weighted by molar-refractivity contribution is 0.0522. The predicted octanol–water partition coefficient (Wildman–Crippen LogP) is 3.18. The Bertz CT molecular complexity index is 845. The molecule has 7 nitrogen and oxygen atoms in total. The molecule has 1 unspecified atom stereocenters. The number of methoxy groups -OCH3 is 1. The maximum atomic E-state index is 12.9. The molecule has 0 radical (unpaired) electrons. The van der Waals surface area contributed by atoms with Crippen LogP contribution < -0.4 is 15.4 Å². The third kappa shape index (κ3) is 6.50. The van der Waals surface area contributed by atoms with Crippen LogP contribution in [0.2, 0.25) is 0 Å². The first-order valence-electron chi connectivity index (χ1n) is 9.34. The van der Waals surface area contributed by atoms with Gasteiger partial charge >= 0.3 is 6.09 Å². The molecule has 0 aromatic heterocycles. The fourth-order valence-corrected chi connectivity index (χ4v) is 2.79. The van der Waals surface area contributed by atoms with Crippen molar-refractivity contribution in [3.05, 3.63) is 65.2 Å². The summed E-state index contributed by atoms with van der Waals surface area (Å²) >= 11 is 0. The maximum absolute atomic E-state index is 12.9. The van der Waals surface area contributed by atoms with Gasteiger partial charge in [0.05, 0.1) is 19.8 Å². The average Bonchev–Trinajstić information content (AvgIpc) is 2.69. The third-order valence-electron chi connectivity index (χ3n) is 4.09. The SMILES string of the molecule is COc1ccccc1C(CO)NC(=O)c1ccccc1CNC(=O)OC(C)(C)C. The Balaban J connectivity index is 2.13. The third-order valence-corrected chi connectivity index (χ3v) is 4.09. The first-order valence-corrected chi connectivity index (χ1v) is 9.34. The molecule has 0 aliphatic carbocycles. The first kappa shape index (κ1) is 22.2. The van der Waals surface area contributed by atoms with Crippen molar-refractivity contribution in [1.29, 1.82) is 0 Å². The molecule has 29 heavy (non-hydrogen) atoms. The van der Waals surface area contributed by atoms with Crippen molar-refractivity contribution in [3.8, 4) is 5.75 Å². The zero-order valence-electron chi connectivity index (χ0n) is 17.2. The fourth-order valence-electron chi connectivity index (χ4n) is 2.79. The lowest BCUT2D eigenvalue weighted by Gasteiger charge is -2.21. The molecule has 0 bridgehead atoms. The van der Waals surface area contributed by atoms with E-state index in [1.54, 1.807) is 57.2 Å². The molecule has 7 heteroatoms. The van der Waals surface area contributed by atoms with E-state index in [-0.39, 0.29) is 19.1 Å². The van der Waals surface area contributed by atoms with Crippen LogP contribution in [0.3, 0.4) is 0 Å². The smallest absolute Gasteiger partial charge is 0.407 e. The van der Waals surface area contributed by atoms with E-state index in [0.29, 0.717) is 22.4 Å². The summed E-state index contributed by atoms with van der Waals surface area (Å²) < 4.78 is 10.5. The maximum Gasteiger partial charge on any atom is 0.407 e. The van der Waals surface area contributed by atoms with Gasteiger partial charge in [-0.25, -0.2) is 4.79 Å². The number of amides is 2. The van der Waals surface area contributed by atoms with Crippen LogP contribution in [0.4, 0.5) is 4.79 Å². The van der Waals surface area contributed by atoms with Gasteiger partial charge in [0, 0.05) is 17.7 Å². The Morgan fingerprint density at radius 2 is 1.72 bits per heavy atom. The molecule has 2 aromatic carbocycles. The van der Waals surface area contributed by atoms with Gasteiger partial charge in [-0.1, -0.05) is 36.4 Å². The van der Waals surface area contributed by atoms with Crippen molar-refractivity contribution in [2.75, 3.05) is 13.7 Å². The number of benzene rings is 2. The number of nitrogens with one attached hydrogen (secondary N) is 2. The number of aliphatic hydroxyl groups is 1. The van der Waals surface area contributed by atoms with Gasteiger partial charge < -0.3 is 25.2 Å². The van der Waals surface area contributed by atoms with Gasteiger partial charge in [-0.3, -0.25) is 4.79 Å². The predicted molar refractivity (Wildman–Crippen MR) is 110 cm³/mol. The molecule has 1 atom stereocenters. The van der Waals surface area contributed by atoms with E-state index in [1.165, 1.54) is 7.11 Å². The zero-order valence-corrected chi connectivity index (χ0v) is 17.2. The molecule has 2 amide bonds. The van der Waals surface area contributed by atoms with Crippen LogP contribution in [0.25, 0.3) is 0 Å². The van der Waals surface area contributed by atoms with Crippen molar-refractivity contribution in [1.82, 2.24) is 10.6 Å². The average molecular weight is 400 g/mol. The molecule has 2 aromatic rings. The molecule has 2 rings (SSSR count). The lowest BCUT2D eigenvalue weighted by atomic mass is 10.0.